The number of rotatable bonds is 1. The summed E-state index contributed by atoms with van der Waals surface area (Å²) in [5.41, 5.74) is 9.47. The second-order valence-corrected chi connectivity index (χ2v) is 4.25. The number of fused-ring (bicyclic) bond motifs is 1. The molecule has 0 aliphatic heterocycles. The minimum Gasteiger partial charge on any atom is -0.368 e. The monoisotopic (exact) mass is 243 g/mol. The zero-order chi connectivity index (χ0) is 12.9. The molecular formula is C11H13N7. The number of H-pyrrole nitrogens is 1. The normalized spacial score (nSPS) is 11.3. The minimum absolute atomic E-state index is 0.201. The van der Waals surface area contributed by atoms with Crippen LogP contribution in [0.5, 0.6) is 0 Å². The third-order valence-corrected chi connectivity index (χ3v) is 3.16. The highest BCUT2D eigenvalue weighted by Crippen LogP contribution is 2.21. The zero-order valence-corrected chi connectivity index (χ0v) is 10.4. The summed E-state index contributed by atoms with van der Waals surface area (Å²) >= 11 is 0. The van der Waals surface area contributed by atoms with Crippen LogP contribution in [-0.2, 0) is 0 Å². The molecule has 0 aliphatic rings. The van der Waals surface area contributed by atoms with E-state index in [0.29, 0.717) is 11.5 Å². The lowest BCUT2D eigenvalue weighted by atomic mass is 10.2. The van der Waals surface area contributed by atoms with Gasteiger partial charge < -0.3 is 5.73 Å². The molecule has 0 bridgehead atoms. The summed E-state index contributed by atoms with van der Waals surface area (Å²) < 4.78 is 1.78. The Hall–Kier alpha value is -2.44. The minimum atomic E-state index is 0.201. The molecule has 0 atom stereocenters. The van der Waals surface area contributed by atoms with Crippen LogP contribution in [0, 0.1) is 20.8 Å². The Morgan fingerprint density at radius 2 is 2.00 bits per heavy atom. The van der Waals surface area contributed by atoms with Gasteiger partial charge >= 0.3 is 0 Å². The van der Waals surface area contributed by atoms with Crippen LogP contribution in [0.15, 0.2) is 6.20 Å². The van der Waals surface area contributed by atoms with Gasteiger partial charge in [0.25, 0.3) is 0 Å². The molecule has 3 N–H and O–H groups in total. The highest BCUT2D eigenvalue weighted by molar-refractivity contribution is 5.82. The molecule has 3 rings (SSSR count). The fourth-order valence-corrected chi connectivity index (χ4v) is 1.92. The number of nitrogens with zero attached hydrogens (tertiary/aromatic N) is 5. The van der Waals surface area contributed by atoms with Gasteiger partial charge in [0.1, 0.15) is 0 Å². The number of nitrogens with one attached hydrogen (secondary N) is 1. The summed E-state index contributed by atoms with van der Waals surface area (Å²) in [6, 6.07) is 0. The van der Waals surface area contributed by atoms with Gasteiger partial charge in [-0.15, -0.1) is 0 Å². The van der Waals surface area contributed by atoms with Crippen LogP contribution in [0.3, 0.4) is 0 Å². The van der Waals surface area contributed by atoms with Crippen molar-refractivity contribution in [1.82, 2.24) is 29.9 Å². The first-order chi connectivity index (χ1) is 8.58. The molecular weight excluding hydrogens is 230 g/mol. The number of nitrogens with two attached hydrogens (primary N) is 1. The molecule has 0 aromatic carbocycles. The van der Waals surface area contributed by atoms with Crippen molar-refractivity contribution in [2.45, 2.75) is 20.8 Å². The van der Waals surface area contributed by atoms with Crippen LogP contribution >= 0.6 is 0 Å². The van der Waals surface area contributed by atoms with E-state index in [0.717, 1.165) is 22.3 Å². The maximum absolute atomic E-state index is 5.71. The Morgan fingerprint density at radius 3 is 2.67 bits per heavy atom. The molecule has 3 heterocycles. The second kappa shape index (κ2) is 3.52. The van der Waals surface area contributed by atoms with Crippen molar-refractivity contribution in [3.8, 4) is 5.82 Å². The average molecular weight is 243 g/mol. The zero-order valence-electron chi connectivity index (χ0n) is 10.4. The molecule has 0 saturated heterocycles. The Balaban J connectivity index is 2.37. The molecule has 0 unspecified atom stereocenters. The first-order valence-electron chi connectivity index (χ1n) is 5.57. The van der Waals surface area contributed by atoms with Gasteiger partial charge in [0, 0.05) is 5.69 Å². The van der Waals surface area contributed by atoms with Crippen molar-refractivity contribution in [2.24, 2.45) is 0 Å². The van der Waals surface area contributed by atoms with Crippen molar-refractivity contribution in [1.29, 1.82) is 0 Å². The molecule has 0 aliphatic carbocycles. The third kappa shape index (κ3) is 1.37. The van der Waals surface area contributed by atoms with Crippen LogP contribution in [0.4, 0.5) is 5.95 Å². The van der Waals surface area contributed by atoms with Crippen molar-refractivity contribution in [3.63, 3.8) is 0 Å². The van der Waals surface area contributed by atoms with Gasteiger partial charge in [-0.1, -0.05) is 0 Å². The van der Waals surface area contributed by atoms with E-state index in [1.54, 1.807) is 10.9 Å². The molecule has 3 aromatic rings. The predicted octanol–water partition coefficient (Wildman–Crippen LogP) is 1.05. The smallest absolute Gasteiger partial charge is 0.224 e. The Kier molecular flexibility index (Phi) is 2.09. The maximum Gasteiger partial charge on any atom is 0.224 e. The molecule has 0 spiro atoms. The topological polar surface area (TPSA) is 98.3 Å². The van der Waals surface area contributed by atoms with Crippen molar-refractivity contribution < 1.29 is 0 Å². The molecule has 18 heavy (non-hydrogen) atoms. The van der Waals surface area contributed by atoms with Gasteiger partial charge in [-0.2, -0.15) is 20.2 Å². The first-order valence-corrected chi connectivity index (χ1v) is 5.57. The van der Waals surface area contributed by atoms with E-state index < -0.39 is 0 Å². The second-order valence-electron chi connectivity index (χ2n) is 4.25. The summed E-state index contributed by atoms with van der Waals surface area (Å²) in [4.78, 5) is 8.35. The maximum atomic E-state index is 5.71. The highest BCUT2D eigenvalue weighted by Gasteiger charge is 2.15. The molecule has 3 aromatic heterocycles. The van der Waals surface area contributed by atoms with E-state index in [4.69, 9.17) is 5.73 Å². The van der Waals surface area contributed by atoms with Gasteiger partial charge in [-0.3, -0.25) is 5.10 Å². The lowest BCUT2D eigenvalue weighted by Crippen LogP contribution is -2.06. The molecule has 7 nitrogen and oxygen atoms in total. The molecule has 92 valence electrons. The number of aryl methyl sites for hydroxylation is 1. The van der Waals surface area contributed by atoms with Gasteiger partial charge in [0.05, 0.1) is 17.3 Å². The summed E-state index contributed by atoms with van der Waals surface area (Å²) in [6.07, 6.45) is 1.68. The van der Waals surface area contributed by atoms with E-state index >= 15 is 0 Å². The molecule has 0 saturated carbocycles. The van der Waals surface area contributed by atoms with E-state index in [-0.39, 0.29) is 5.95 Å². The summed E-state index contributed by atoms with van der Waals surface area (Å²) in [5.74, 6) is 0.854. The van der Waals surface area contributed by atoms with Crippen LogP contribution in [-0.4, -0.2) is 29.9 Å². The quantitative estimate of drug-likeness (QED) is 0.665. The molecule has 7 heteroatoms. The standard InChI is InChI=1S/C11H13N7/c1-5-6(2)17-18(7(5)3)10-8-4-13-16-9(8)14-11(12)15-10/h4H,1-3H3,(H3,12,13,14,15,16). The SMILES string of the molecule is Cc1nn(-c2nc(N)nc3[nH]ncc23)c(C)c1C. The van der Waals surface area contributed by atoms with Gasteiger partial charge in [0.2, 0.25) is 5.95 Å². The number of aromatic nitrogens is 6. The third-order valence-electron chi connectivity index (χ3n) is 3.16. The van der Waals surface area contributed by atoms with Crippen molar-refractivity contribution in [2.75, 3.05) is 5.73 Å². The number of anilines is 1. The molecule has 0 fully saturated rings. The number of nitrogen functional groups attached to an aromatic ring is 1. The lowest BCUT2D eigenvalue weighted by molar-refractivity contribution is 0.812. The van der Waals surface area contributed by atoms with E-state index in [2.05, 4.69) is 25.3 Å². The Labute approximate surface area is 103 Å². The summed E-state index contributed by atoms with van der Waals surface area (Å²) in [5, 5.41) is 12.0. The van der Waals surface area contributed by atoms with Crippen LogP contribution in [0.1, 0.15) is 17.0 Å². The Bertz CT molecular complexity index is 737. The van der Waals surface area contributed by atoms with Crippen LogP contribution in [0.25, 0.3) is 16.9 Å². The highest BCUT2D eigenvalue weighted by atomic mass is 15.3. The average Bonchev–Trinajstić information content (AvgIpc) is 2.88. The van der Waals surface area contributed by atoms with E-state index in [9.17, 15) is 0 Å². The van der Waals surface area contributed by atoms with E-state index in [1.807, 2.05) is 20.8 Å². The van der Waals surface area contributed by atoms with Crippen molar-refractivity contribution >= 4 is 17.0 Å². The van der Waals surface area contributed by atoms with Crippen LogP contribution < -0.4 is 5.73 Å². The fourth-order valence-electron chi connectivity index (χ4n) is 1.92. The van der Waals surface area contributed by atoms with Crippen LogP contribution in [0.2, 0.25) is 0 Å². The number of hydrogen-bond acceptors (Lipinski definition) is 5. The van der Waals surface area contributed by atoms with Gasteiger partial charge in [0.15, 0.2) is 11.5 Å². The van der Waals surface area contributed by atoms with Gasteiger partial charge in [-0.05, 0) is 26.3 Å². The molecule has 0 amide bonds. The molecule has 0 radical (unpaired) electrons. The fraction of sp³-hybridized carbons (Fsp3) is 0.273. The largest absolute Gasteiger partial charge is 0.368 e. The first kappa shape index (κ1) is 10.7. The summed E-state index contributed by atoms with van der Waals surface area (Å²) in [6.45, 7) is 6.00. The summed E-state index contributed by atoms with van der Waals surface area (Å²) in [7, 11) is 0. The van der Waals surface area contributed by atoms with E-state index in [1.165, 1.54) is 0 Å². The van der Waals surface area contributed by atoms with Crippen molar-refractivity contribution in [3.05, 3.63) is 23.1 Å². The number of hydrogen-bond donors (Lipinski definition) is 2. The van der Waals surface area contributed by atoms with Gasteiger partial charge in [-0.25, -0.2) is 4.68 Å². The lowest BCUT2D eigenvalue weighted by Gasteiger charge is -2.05. The number of aromatic amines is 1. The predicted molar refractivity (Wildman–Crippen MR) is 67.4 cm³/mol. The Morgan fingerprint density at radius 1 is 1.22 bits per heavy atom.